The van der Waals surface area contributed by atoms with E-state index in [1.807, 2.05) is 11.7 Å². The Hall–Kier alpha value is -1.88. The number of hydrogen-bond acceptors (Lipinski definition) is 5. The van der Waals surface area contributed by atoms with Gasteiger partial charge in [-0.25, -0.2) is 9.67 Å². The van der Waals surface area contributed by atoms with E-state index in [1.54, 1.807) is 7.11 Å². The maximum absolute atomic E-state index is 5.14. The van der Waals surface area contributed by atoms with Gasteiger partial charge in [-0.3, -0.25) is 4.99 Å². The van der Waals surface area contributed by atoms with Gasteiger partial charge >= 0.3 is 0 Å². The molecule has 0 radical (unpaired) electrons. The summed E-state index contributed by atoms with van der Waals surface area (Å²) in [5, 5.41) is 11.6. The van der Waals surface area contributed by atoms with Crippen LogP contribution < -0.4 is 15.5 Å². The van der Waals surface area contributed by atoms with Gasteiger partial charge in [0.15, 0.2) is 11.8 Å². The molecule has 1 saturated heterocycles. The first-order chi connectivity index (χ1) is 14.2. The molecule has 2 N–H and O–H groups in total. The van der Waals surface area contributed by atoms with Gasteiger partial charge in [0.1, 0.15) is 12.4 Å². The molecule has 0 aliphatic carbocycles. The second-order valence-corrected chi connectivity index (χ2v) is 7.83. The van der Waals surface area contributed by atoms with Gasteiger partial charge in [0.2, 0.25) is 0 Å². The number of benzene rings is 1. The second kappa shape index (κ2) is 10.9. The molecule has 9 heteroatoms. The third kappa shape index (κ3) is 5.63. The average Bonchev–Trinajstić information content (AvgIpc) is 3.38. The molecule has 2 aromatic rings. The first-order valence-corrected chi connectivity index (χ1v) is 10.4. The minimum absolute atomic E-state index is 0. The molecule has 0 spiro atoms. The summed E-state index contributed by atoms with van der Waals surface area (Å²) in [7, 11) is 3.50. The maximum Gasteiger partial charge on any atom is 0.191 e. The summed E-state index contributed by atoms with van der Waals surface area (Å²) in [6.45, 7) is 4.40. The predicted octanol–water partition coefficient (Wildman–Crippen LogP) is 2.05. The fourth-order valence-corrected chi connectivity index (χ4v) is 4.17. The lowest BCUT2D eigenvalue weighted by molar-refractivity contribution is 0.177. The topological polar surface area (TPSA) is 79.6 Å². The number of nitrogens with one attached hydrogen (secondary N) is 2. The summed E-state index contributed by atoms with van der Waals surface area (Å²) in [6, 6.07) is 11.0. The number of methoxy groups -OCH3 is 1. The summed E-state index contributed by atoms with van der Waals surface area (Å²) in [6.07, 6.45) is 3.14. The summed E-state index contributed by atoms with van der Waals surface area (Å²) in [4.78, 5) is 11.4. The van der Waals surface area contributed by atoms with E-state index in [0.29, 0.717) is 18.6 Å². The number of aryl methyl sites for hydroxylation is 1. The van der Waals surface area contributed by atoms with Crippen LogP contribution in [0.5, 0.6) is 0 Å². The van der Waals surface area contributed by atoms with Crippen LogP contribution in [-0.2, 0) is 24.3 Å². The largest absolute Gasteiger partial charge is 0.377 e. The van der Waals surface area contributed by atoms with Crippen LogP contribution in [0.4, 0.5) is 5.69 Å². The number of hydrogen-bond donors (Lipinski definition) is 2. The van der Waals surface area contributed by atoms with Crippen molar-refractivity contribution in [1.82, 2.24) is 25.4 Å². The van der Waals surface area contributed by atoms with Crippen molar-refractivity contribution >= 4 is 35.6 Å². The van der Waals surface area contributed by atoms with E-state index in [0.717, 1.165) is 56.6 Å². The maximum atomic E-state index is 5.14. The fraction of sp³-hybridized carbons (Fsp3) is 0.571. The molecule has 164 valence electrons. The van der Waals surface area contributed by atoms with Crippen LogP contribution in [-0.4, -0.2) is 60.6 Å². The number of nitrogens with zero attached hydrogens (tertiary/aromatic N) is 5. The van der Waals surface area contributed by atoms with E-state index in [-0.39, 0.29) is 24.0 Å². The van der Waals surface area contributed by atoms with Crippen LogP contribution in [0.25, 0.3) is 0 Å². The van der Waals surface area contributed by atoms with Crippen molar-refractivity contribution in [3.05, 3.63) is 42.0 Å². The fourth-order valence-electron chi connectivity index (χ4n) is 4.17. The third-order valence-electron chi connectivity index (χ3n) is 5.71. The van der Waals surface area contributed by atoms with E-state index in [1.165, 1.54) is 12.1 Å². The molecular weight excluding hydrogens is 493 g/mol. The monoisotopic (exact) mass is 525 g/mol. The summed E-state index contributed by atoms with van der Waals surface area (Å²) in [5.41, 5.74) is 1.32. The first-order valence-electron chi connectivity index (χ1n) is 10.4. The van der Waals surface area contributed by atoms with Crippen molar-refractivity contribution in [3.8, 4) is 0 Å². The lowest BCUT2D eigenvalue weighted by Gasteiger charge is -2.26. The number of aromatic nitrogens is 3. The van der Waals surface area contributed by atoms with Gasteiger partial charge in [0, 0.05) is 51.9 Å². The van der Waals surface area contributed by atoms with Gasteiger partial charge < -0.3 is 20.3 Å². The number of anilines is 1. The van der Waals surface area contributed by atoms with Crippen molar-refractivity contribution < 1.29 is 4.74 Å². The van der Waals surface area contributed by atoms with Crippen LogP contribution in [0.15, 0.2) is 35.3 Å². The highest BCUT2D eigenvalue weighted by atomic mass is 127. The Morgan fingerprint density at radius 3 is 2.83 bits per heavy atom. The molecule has 3 heterocycles. The molecule has 4 rings (SSSR count). The standard InChI is InChI=1S/C21H31N7O.HI/c1-22-21(23-12-16-10-11-27(13-16)18-6-4-3-5-7-18)24-17-8-9-20-25-19(15-29-2)26-28(20)14-17;/h3-7,16-17H,8-15H2,1-2H3,(H2,22,23,24);1H. The molecule has 2 atom stereocenters. The zero-order valence-corrected chi connectivity index (χ0v) is 20.1. The highest BCUT2D eigenvalue weighted by Crippen LogP contribution is 2.23. The van der Waals surface area contributed by atoms with Gasteiger partial charge in [0.05, 0.1) is 6.54 Å². The van der Waals surface area contributed by atoms with E-state index < -0.39 is 0 Å². The number of halogens is 1. The zero-order valence-electron chi connectivity index (χ0n) is 17.8. The van der Waals surface area contributed by atoms with Crippen molar-refractivity contribution in [2.75, 3.05) is 38.7 Å². The molecule has 0 saturated carbocycles. The van der Waals surface area contributed by atoms with E-state index in [2.05, 4.69) is 60.9 Å². The Morgan fingerprint density at radius 2 is 2.07 bits per heavy atom. The molecule has 30 heavy (non-hydrogen) atoms. The Labute approximate surface area is 195 Å². The molecule has 0 amide bonds. The van der Waals surface area contributed by atoms with E-state index in [4.69, 9.17) is 4.74 Å². The van der Waals surface area contributed by atoms with Gasteiger partial charge in [-0.1, -0.05) is 18.2 Å². The highest BCUT2D eigenvalue weighted by Gasteiger charge is 2.25. The second-order valence-electron chi connectivity index (χ2n) is 7.83. The van der Waals surface area contributed by atoms with E-state index in [9.17, 15) is 0 Å². The molecular formula is C21H32IN7O. The normalized spacial score (nSPS) is 21.1. The number of rotatable bonds is 6. The number of para-hydroxylation sites is 1. The quantitative estimate of drug-likeness (QED) is 0.342. The van der Waals surface area contributed by atoms with Crippen molar-refractivity contribution in [1.29, 1.82) is 0 Å². The SMILES string of the molecule is CN=C(NCC1CCN(c2ccccc2)C1)NC1CCc2nc(COC)nn2C1.I. The Kier molecular flexibility index (Phi) is 8.32. The predicted molar refractivity (Wildman–Crippen MR) is 130 cm³/mol. The molecule has 2 aliphatic heterocycles. The van der Waals surface area contributed by atoms with Gasteiger partial charge in [-0.05, 0) is 30.9 Å². The number of ether oxygens (including phenoxy) is 1. The Bertz CT molecular complexity index is 826. The number of fused-ring (bicyclic) bond motifs is 1. The molecule has 8 nitrogen and oxygen atoms in total. The van der Waals surface area contributed by atoms with Crippen LogP contribution >= 0.6 is 24.0 Å². The summed E-state index contributed by atoms with van der Waals surface area (Å²) >= 11 is 0. The summed E-state index contributed by atoms with van der Waals surface area (Å²) in [5.74, 6) is 3.30. The van der Waals surface area contributed by atoms with Crippen molar-refractivity contribution in [3.63, 3.8) is 0 Å². The van der Waals surface area contributed by atoms with Crippen molar-refractivity contribution in [2.45, 2.75) is 38.5 Å². The molecule has 1 fully saturated rings. The molecule has 2 aliphatic rings. The van der Waals surface area contributed by atoms with Gasteiger partial charge in [-0.2, -0.15) is 5.10 Å². The molecule has 1 aromatic carbocycles. The first kappa shape index (κ1) is 22.8. The van der Waals surface area contributed by atoms with Crippen LogP contribution in [0.2, 0.25) is 0 Å². The third-order valence-corrected chi connectivity index (χ3v) is 5.71. The lowest BCUT2D eigenvalue weighted by Crippen LogP contribution is -2.48. The Balaban J connectivity index is 0.00000256. The highest BCUT2D eigenvalue weighted by molar-refractivity contribution is 14.0. The lowest BCUT2D eigenvalue weighted by atomic mass is 10.1. The minimum atomic E-state index is 0. The molecule has 2 unspecified atom stereocenters. The average molecular weight is 525 g/mol. The van der Waals surface area contributed by atoms with E-state index >= 15 is 0 Å². The molecule has 1 aromatic heterocycles. The van der Waals surface area contributed by atoms with Crippen LogP contribution in [0.1, 0.15) is 24.5 Å². The summed E-state index contributed by atoms with van der Waals surface area (Å²) < 4.78 is 7.14. The van der Waals surface area contributed by atoms with Crippen molar-refractivity contribution in [2.24, 2.45) is 10.9 Å². The van der Waals surface area contributed by atoms with Gasteiger partial charge in [0.25, 0.3) is 0 Å². The van der Waals surface area contributed by atoms with Crippen LogP contribution in [0.3, 0.4) is 0 Å². The minimum Gasteiger partial charge on any atom is -0.377 e. The zero-order chi connectivity index (χ0) is 20.1. The van der Waals surface area contributed by atoms with Crippen LogP contribution in [0, 0.1) is 5.92 Å². The Morgan fingerprint density at radius 1 is 1.23 bits per heavy atom. The molecule has 0 bridgehead atoms. The number of aliphatic imine (C=N–C) groups is 1. The smallest absolute Gasteiger partial charge is 0.191 e. The number of guanidine groups is 1. The van der Waals surface area contributed by atoms with Gasteiger partial charge in [-0.15, -0.1) is 24.0 Å².